The van der Waals surface area contributed by atoms with Gasteiger partial charge in [-0.2, -0.15) is 0 Å². The van der Waals surface area contributed by atoms with Gasteiger partial charge in [0.05, 0.1) is 18.5 Å². The standard InChI is InChI=1S/C19H21ClN2O4/c1-13(2)22(10-9-18(24)25)19(26)15-7-8-17(23)21(12-15)11-14-5-3-4-6-16(14)20/h3-8,12-13H,9-11H2,1-2H3,(H,24,25). The van der Waals surface area contributed by atoms with Gasteiger partial charge in [0.1, 0.15) is 0 Å². The minimum Gasteiger partial charge on any atom is -0.481 e. The van der Waals surface area contributed by atoms with Crippen molar-refractivity contribution < 1.29 is 14.7 Å². The van der Waals surface area contributed by atoms with E-state index in [1.807, 2.05) is 26.0 Å². The zero-order valence-corrected chi connectivity index (χ0v) is 15.4. The van der Waals surface area contributed by atoms with Crippen molar-refractivity contribution in [3.05, 3.63) is 69.1 Å². The topological polar surface area (TPSA) is 79.6 Å². The largest absolute Gasteiger partial charge is 0.481 e. The predicted molar refractivity (Wildman–Crippen MR) is 99.7 cm³/mol. The van der Waals surface area contributed by atoms with E-state index < -0.39 is 5.97 Å². The number of amides is 1. The van der Waals surface area contributed by atoms with Crippen LogP contribution in [0.15, 0.2) is 47.4 Å². The molecule has 138 valence electrons. The number of halogens is 1. The second-order valence-electron chi connectivity index (χ2n) is 6.21. The van der Waals surface area contributed by atoms with Gasteiger partial charge in [-0.05, 0) is 31.5 Å². The summed E-state index contributed by atoms with van der Waals surface area (Å²) >= 11 is 6.15. The van der Waals surface area contributed by atoms with Crippen LogP contribution in [0.5, 0.6) is 0 Å². The highest BCUT2D eigenvalue weighted by Gasteiger charge is 2.20. The molecule has 0 bridgehead atoms. The molecule has 0 atom stereocenters. The van der Waals surface area contributed by atoms with Crippen LogP contribution in [0, 0.1) is 0 Å². The van der Waals surface area contributed by atoms with Crippen molar-refractivity contribution in [2.45, 2.75) is 32.9 Å². The Hall–Kier alpha value is -2.60. The normalized spacial score (nSPS) is 10.8. The zero-order valence-electron chi connectivity index (χ0n) is 14.7. The van der Waals surface area contributed by atoms with Crippen molar-refractivity contribution in [3.63, 3.8) is 0 Å². The first-order valence-corrected chi connectivity index (χ1v) is 8.64. The van der Waals surface area contributed by atoms with Crippen LogP contribution in [0.4, 0.5) is 0 Å². The van der Waals surface area contributed by atoms with Gasteiger partial charge in [0.2, 0.25) is 0 Å². The Kier molecular flexibility index (Phi) is 6.58. The maximum Gasteiger partial charge on any atom is 0.305 e. The van der Waals surface area contributed by atoms with Crippen molar-refractivity contribution in [1.29, 1.82) is 0 Å². The summed E-state index contributed by atoms with van der Waals surface area (Å²) < 4.78 is 1.42. The van der Waals surface area contributed by atoms with Crippen LogP contribution in [0.25, 0.3) is 0 Å². The molecule has 0 saturated carbocycles. The third-order valence-electron chi connectivity index (χ3n) is 3.98. The number of aliphatic carboxylic acids is 1. The number of benzene rings is 1. The monoisotopic (exact) mass is 376 g/mol. The zero-order chi connectivity index (χ0) is 19.3. The smallest absolute Gasteiger partial charge is 0.305 e. The van der Waals surface area contributed by atoms with E-state index in [0.29, 0.717) is 10.6 Å². The van der Waals surface area contributed by atoms with Crippen molar-refractivity contribution in [2.24, 2.45) is 0 Å². The molecule has 6 nitrogen and oxygen atoms in total. The molecule has 0 aliphatic carbocycles. The quantitative estimate of drug-likeness (QED) is 0.805. The van der Waals surface area contributed by atoms with E-state index in [0.717, 1.165) is 5.56 Å². The first-order valence-electron chi connectivity index (χ1n) is 8.26. The van der Waals surface area contributed by atoms with Crippen LogP contribution >= 0.6 is 11.6 Å². The van der Waals surface area contributed by atoms with Crippen molar-refractivity contribution in [2.75, 3.05) is 6.54 Å². The first kappa shape index (κ1) is 19.7. The molecule has 0 spiro atoms. The van der Waals surface area contributed by atoms with Crippen LogP contribution in [-0.2, 0) is 11.3 Å². The van der Waals surface area contributed by atoms with Crippen molar-refractivity contribution in [3.8, 4) is 0 Å². The average molecular weight is 377 g/mol. The van der Waals surface area contributed by atoms with Gasteiger partial charge in [-0.25, -0.2) is 0 Å². The fraction of sp³-hybridized carbons (Fsp3) is 0.316. The molecular weight excluding hydrogens is 356 g/mol. The number of pyridine rings is 1. The number of carboxylic acid groups (broad SMARTS) is 1. The number of nitrogens with zero attached hydrogens (tertiary/aromatic N) is 2. The molecular formula is C19H21ClN2O4. The summed E-state index contributed by atoms with van der Waals surface area (Å²) in [6, 6.07) is 9.82. The fourth-order valence-electron chi connectivity index (χ4n) is 2.57. The summed E-state index contributed by atoms with van der Waals surface area (Å²) in [6.07, 6.45) is 1.35. The van der Waals surface area contributed by atoms with Gasteiger partial charge in [-0.15, -0.1) is 0 Å². The number of carbonyl (C=O) groups excluding carboxylic acids is 1. The Morgan fingerprint density at radius 3 is 2.50 bits per heavy atom. The third-order valence-corrected chi connectivity index (χ3v) is 4.35. The summed E-state index contributed by atoms with van der Waals surface area (Å²) in [7, 11) is 0. The molecule has 26 heavy (non-hydrogen) atoms. The molecule has 0 unspecified atom stereocenters. The number of carbonyl (C=O) groups is 2. The molecule has 0 aliphatic heterocycles. The molecule has 1 amide bonds. The highest BCUT2D eigenvalue weighted by molar-refractivity contribution is 6.31. The third kappa shape index (κ3) is 4.95. The fourth-order valence-corrected chi connectivity index (χ4v) is 2.76. The lowest BCUT2D eigenvalue weighted by molar-refractivity contribution is -0.137. The highest BCUT2D eigenvalue weighted by atomic mass is 35.5. The molecule has 0 radical (unpaired) electrons. The number of aromatic nitrogens is 1. The lowest BCUT2D eigenvalue weighted by atomic mass is 10.2. The molecule has 0 saturated heterocycles. The van der Waals surface area contributed by atoms with Crippen LogP contribution in [-0.4, -0.2) is 39.0 Å². The van der Waals surface area contributed by atoms with E-state index >= 15 is 0 Å². The van der Waals surface area contributed by atoms with Crippen molar-refractivity contribution in [1.82, 2.24) is 9.47 Å². The number of hydrogen-bond donors (Lipinski definition) is 1. The maximum atomic E-state index is 12.8. The Balaban J connectivity index is 2.29. The SMILES string of the molecule is CC(C)N(CCC(=O)O)C(=O)c1ccc(=O)n(Cc2ccccc2Cl)c1. The minimum absolute atomic E-state index is 0.107. The van der Waals surface area contributed by atoms with E-state index in [9.17, 15) is 14.4 Å². The molecule has 1 aromatic carbocycles. The van der Waals surface area contributed by atoms with Gasteiger partial charge in [-0.1, -0.05) is 29.8 Å². The number of rotatable bonds is 7. The predicted octanol–water partition coefficient (Wildman–Crippen LogP) is 2.88. The van der Waals surface area contributed by atoms with Crippen LogP contribution < -0.4 is 5.56 Å². The molecule has 2 rings (SSSR count). The number of hydrogen-bond acceptors (Lipinski definition) is 3. The summed E-state index contributed by atoms with van der Waals surface area (Å²) in [5.74, 6) is -1.28. The minimum atomic E-state index is -0.966. The highest BCUT2D eigenvalue weighted by Crippen LogP contribution is 2.16. The Morgan fingerprint density at radius 1 is 1.19 bits per heavy atom. The van der Waals surface area contributed by atoms with Gasteiger partial charge in [-0.3, -0.25) is 14.4 Å². The van der Waals surface area contributed by atoms with Crippen molar-refractivity contribution >= 4 is 23.5 Å². The number of carboxylic acids is 1. The second kappa shape index (κ2) is 8.67. The molecule has 0 aliphatic rings. The van der Waals surface area contributed by atoms with Crippen LogP contribution in [0.3, 0.4) is 0 Å². The van der Waals surface area contributed by atoms with Gasteiger partial charge in [0.15, 0.2) is 0 Å². The lowest BCUT2D eigenvalue weighted by Crippen LogP contribution is -2.39. The van der Waals surface area contributed by atoms with Crippen LogP contribution in [0.2, 0.25) is 5.02 Å². The summed E-state index contributed by atoms with van der Waals surface area (Å²) in [5, 5.41) is 9.41. The summed E-state index contributed by atoms with van der Waals surface area (Å²) in [5.41, 5.74) is 0.853. The molecule has 1 N–H and O–H groups in total. The maximum absolute atomic E-state index is 12.8. The van der Waals surface area contributed by atoms with E-state index in [-0.39, 0.29) is 37.0 Å². The van der Waals surface area contributed by atoms with E-state index in [2.05, 4.69) is 0 Å². The Labute approximate surface area is 156 Å². The molecule has 1 aromatic heterocycles. The second-order valence-corrected chi connectivity index (χ2v) is 6.62. The van der Waals surface area contributed by atoms with Gasteiger partial charge < -0.3 is 14.6 Å². The molecule has 0 fully saturated rings. The summed E-state index contributed by atoms with van der Waals surface area (Å²) in [6.45, 7) is 3.99. The van der Waals surface area contributed by atoms with Gasteiger partial charge in [0.25, 0.3) is 11.5 Å². The summed E-state index contributed by atoms with van der Waals surface area (Å²) in [4.78, 5) is 37.2. The molecule has 7 heteroatoms. The Bertz CT molecular complexity index is 861. The molecule has 1 heterocycles. The average Bonchev–Trinajstić information content (AvgIpc) is 2.58. The van der Waals surface area contributed by atoms with Gasteiger partial charge >= 0.3 is 5.97 Å². The van der Waals surface area contributed by atoms with Crippen LogP contribution in [0.1, 0.15) is 36.2 Å². The van der Waals surface area contributed by atoms with E-state index in [1.54, 1.807) is 12.1 Å². The first-order chi connectivity index (χ1) is 12.3. The van der Waals surface area contributed by atoms with E-state index in [1.165, 1.54) is 27.8 Å². The molecule has 2 aromatic rings. The lowest BCUT2D eigenvalue weighted by Gasteiger charge is -2.26. The Morgan fingerprint density at radius 2 is 1.88 bits per heavy atom. The van der Waals surface area contributed by atoms with E-state index in [4.69, 9.17) is 16.7 Å². The van der Waals surface area contributed by atoms with Gasteiger partial charge in [0, 0.05) is 29.9 Å².